The molecule has 1 aromatic carbocycles. The molecule has 0 aliphatic rings. The first-order chi connectivity index (χ1) is 12.3. The van der Waals surface area contributed by atoms with Gasteiger partial charge in [-0.15, -0.1) is 0 Å². The number of rotatable bonds is 7. The highest BCUT2D eigenvalue weighted by atomic mass is 35.5. The lowest BCUT2D eigenvalue weighted by atomic mass is 9.85. The van der Waals surface area contributed by atoms with E-state index < -0.39 is 41.9 Å². The summed E-state index contributed by atoms with van der Waals surface area (Å²) in [4.78, 5) is 0. The van der Waals surface area contributed by atoms with Crippen LogP contribution in [0.3, 0.4) is 0 Å². The number of benzene rings is 1. The molecule has 1 aromatic rings. The van der Waals surface area contributed by atoms with Gasteiger partial charge in [0.25, 0.3) is 0 Å². The first-order valence-electron chi connectivity index (χ1n) is 7.16. The summed E-state index contributed by atoms with van der Waals surface area (Å²) in [5.41, 5.74) is -2.81. The zero-order chi connectivity index (χ0) is 22.4. The van der Waals surface area contributed by atoms with Crippen LogP contribution in [0.2, 0.25) is 5.02 Å². The monoisotopic (exact) mass is 452 g/mol. The summed E-state index contributed by atoms with van der Waals surface area (Å²) in [6.45, 7) is 0.725. The Bertz CT molecular complexity index is 701. The normalized spacial score (nSPS) is 16.8. The molecule has 0 radical (unpaired) electrons. The summed E-state index contributed by atoms with van der Waals surface area (Å²) in [6.07, 6.45) is -9.55. The Kier molecular flexibility index (Phi) is 6.35. The summed E-state index contributed by atoms with van der Waals surface area (Å²) in [5, 5.41) is -0.0928. The van der Waals surface area contributed by atoms with E-state index >= 15 is 0 Å². The smallest absolute Gasteiger partial charge is 0.374 e. The third kappa shape index (κ3) is 3.89. The molecule has 13 heteroatoms. The van der Waals surface area contributed by atoms with E-state index in [0.717, 1.165) is 32.2 Å². The van der Waals surface area contributed by atoms with Gasteiger partial charge in [0.2, 0.25) is 0 Å². The fraction of sp³-hybridized carbons (Fsp3) is 0.600. The van der Waals surface area contributed by atoms with Crippen LogP contribution in [0.15, 0.2) is 24.3 Å². The quantitative estimate of drug-likeness (QED) is 0.419. The van der Waals surface area contributed by atoms with E-state index in [-0.39, 0.29) is 10.6 Å². The number of halogens is 12. The van der Waals surface area contributed by atoms with Crippen LogP contribution in [0.25, 0.3) is 0 Å². The lowest BCUT2D eigenvalue weighted by Crippen LogP contribution is -2.67. The molecule has 0 bridgehead atoms. The second-order valence-electron chi connectivity index (χ2n) is 6.05. The van der Waals surface area contributed by atoms with E-state index in [0.29, 0.717) is 0 Å². The molecule has 0 spiro atoms. The largest absolute Gasteiger partial charge is 0.460 e. The van der Waals surface area contributed by atoms with Gasteiger partial charge in [-0.05, 0) is 24.6 Å². The van der Waals surface area contributed by atoms with E-state index in [4.69, 9.17) is 11.6 Å². The lowest BCUT2D eigenvalue weighted by Gasteiger charge is -2.40. The maximum Gasteiger partial charge on any atom is 0.460 e. The summed E-state index contributed by atoms with van der Waals surface area (Å²) < 4.78 is 149. The molecule has 1 unspecified atom stereocenters. The Morgan fingerprint density at radius 3 is 1.71 bits per heavy atom. The zero-order valence-electron chi connectivity index (χ0n) is 14.0. The highest BCUT2D eigenvalue weighted by molar-refractivity contribution is 6.30. The third-order valence-electron chi connectivity index (χ3n) is 4.05. The minimum atomic E-state index is -7.45. The van der Waals surface area contributed by atoms with Crippen molar-refractivity contribution >= 4 is 11.6 Å². The number of ether oxygens (including phenoxy) is 1. The van der Waals surface area contributed by atoms with E-state index in [1.807, 2.05) is 0 Å². The molecule has 0 saturated carbocycles. The average molecular weight is 453 g/mol. The maximum absolute atomic E-state index is 14.0. The van der Waals surface area contributed by atoms with Crippen LogP contribution in [0.5, 0.6) is 0 Å². The summed E-state index contributed by atoms with van der Waals surface area (Å²) in [7, 11) is 0.720. The molecule has 0 aliphatic heterocycles. The molecule has 0 aliphatic carbocycles. The molecule has 0 heterocycles. The number of methoxy groups -OCH3 is 1. The molecule has 0 amide bonds. The Morgan fingerprint density at radius 1 is 0.821 bits per heavy atom. The molecule has 1 atom stereocenters. The number of alkyl halides is 11. The van der Waals surface area contributed by atoms with Crippen molar-refractivity contribution in [3.05, 3.63) is 34.9 Å². The summed E-state index contributed by atoms with van der Waals surface area (Å²) in [5.74, 6) is -28.0. The topological polar surface area (TPSA) is 9.23 Å². The van der Waals surface area contributed by atoms with Gasteiger partial charge in [0, 0.05) is 12.1 Å². The van der Waals surface area contributed by atoms with Gasteiger partial charge in [-0.1, -0.05) is 23.7 Å². The van der Waals surface area contributed by atoms with Gasteiger partial charge in [-0.25, -0.2) is 0 Å². The first kappa shape index (κ1) is 24.7. The van der Waals surface area contributed by atoms with Gasteiger partial charge < -0.3 is 4.74 Å². The molecule has 0 aromatic heterocycles. The highest BCUT2D eigenvalue weighted by Gasteiger charge is 2.87. The van der Waals surface area contributed by atoms with Crippen molar-refractivity contribution in [1.82, 2.24) is 0 Å². The SMILES string of the molecule is COC(C)(CC(F)(F)C(F)(F)C(F)(F)C(F)(F)C(F)(F)F)c1cccc(Cl)c1. The molecular weight excluding hydrogens is 441 g/mol. The van der Waals surface area contributed by atoms with Gasteiger partial charge in [0.1, 0.15) is 0 Å². The summed E-state index contributed by atoms with van der Waals surface area (Å²) >= 11 is 5.62. The predicted molar refractivity (Wildman–Crippen MR) is 76.3 cm³/mol. The first-order valence-corrected chi connectivity index (χ1v) is 7.54. The number of hydrogen-bond acceptors (Lipinski definition) is 1. The minimum Gasteiger partial charge on any atom is -0.374 e. The van der Waals surface area contributed by atoms with Gasteiger partial charge in [0.05, 0.1) is 12.0 Å². The Morgan fingerprint density at radius 2 is 1.32 bits per heavy atom. The van der Waals surface area contributed by atoms with Gasteiger partial charge in [-0.2, -0.15) is 48.3 Å². The Labute approximate surface area is 156 Å². The van der Waals surface area contributed by atoms with Crippen molar-refractivity contribution in [2.75, 3.05) is 7.11 Å². The van der Waals surface area contributed by atoms with Gasteiger partial charge >= 0.3 is 29.9 Å². The van der Waals surface area contributed by atoms with Crippen LogP contribution in [0.4, 0.5) is 48.3 Å². The van der Waals surface area contributed by atoms with Crippen LogP contribution in [0.1, 0.15) is 18.9 Å². The predicted octanol–water partition coefficient (Wildman–Crippen LogP) is 6.70. The Balaban J connectivity index is 3.43. The molecule has 0 saturated heterocycles. The van der Waals surface area contributed by atoms with Crippen LogP contribution in [-0.4, -0.2) is 37.0 Å². The van der Waals surface area contributed by atoms with Crippen LogP contribution in [-0.2, 0) is 10.3 Å². The molecular formula is C15H12ClF11O. The fourth-order valence-electron chi connectivity index (χ4n) is 2.25. The van der Waals surface area contributed by atoms with E-state index in [2.05, 4.69) is 4.74 Å². The van der Waals surface area contributed by atoms with Gasteiger partial charge in [0.15, 0.2) is 0 Å². The van der Waals surface area contributed by atoms with Gasteiger partial charge in [-0.3, -0.25) is 0 Å². The molecule has 162 valence electrons. The molecule has 28 heavy (non-hydrogen) atoms. The Hall–Kier alpha value is -1.30. The molecule has 0 N–H and O–H groups in total. The van der Waals surface area contributed by atoms with E-state index in [1.54, 1.807) is 0 Å². The van der Waals surface area contributed by atoms with Crippen LogP contribution >= 0.6 is 11.6 Å². The molecule has 1 nitrogen and oxygen atoms in total. The van der Waals surface area contributed by atoms with Crippen molar-refractivity contribution in [3.8, 4) is 0 Å². The maximum atomic E-state index is 14.0. The fourth-order valence-corrected chi connectivity index (χ4v) is 2.44. The van der Waals surface area contributed by atoms with E-state index in [1.165, 1.54) is 6.07 Å². The molecule has 0 fully saturated rings. The van der Waals surface area contributed by atoms with Crippen LogP contribution < -0.4 is 0 Å². The van der Waals surface area contributed by atoms with Crippen LogP contribution in [0, 0.1) is 0 Å². The third-order valence-corrected chi connectivity index (χ3v) is 4.28. The van der Waals surface area contributed by atoms with Crippen molar-refractivity contribution in [2.45, 2.75) is 48.8 Å². The van der Waals surface area contributed by atoms with Crippen molar-refractivity contribution in [3.63, 3.8) is 0 Å². The van der Waals surface area contributed by atoms with Crippen molar-refractivity contribution < 1.29 is 53.0 Å². The van der Waals surface area contributed by atoms with E-state index in [9.17, 15) is 48.3 Å². The zero-order valence-corrected chi connectivity index (χ0v) is 14.7. The van der Waals surface area contributed by atoms with Crippen molar-refractivity contribution in [1.29, 1.82) is 0 Å². The van der Waals surface area contributed by atoms with Crippen molar-refractivity contribution in [2.24, 2.45) is 0 Å². The highest BCUT2D eigenvalue weighted by Crippen LogP contribution is 2.59. The lowest BCUT2D eigenvalue weighted by molar-refractivity contribution is -0.424. The molecule has 1 rings (SSSR count). The second kappa shape index (κ2) is 7.19. The summed E-state index contributed by atoms with van der Waals surface area (Å²) in [6, 6.07) is 4.39. The minimum absolute atomic E-state index is 0.0928. The number of hydrogen-bond donors (Lipinski definition) is 0. The standard InChI is InChI=1S/C15H12ClF11O/c1-10(28-2,8-4-3-5-9(16)6-8)7-11(17,18)12(19,20)13(21,22)14(23,24)15(25,26)27/h3-6H,7H2,1-2H3. The second-order valence-corrected chi connectivity index (χ2v) is 6.48. The average Bonchev–Trinajstić information content (AvgIpc) is 2.52.